The van der Waals surface area contributed by atoms with Gasteiger partial charge in [0.2, 0.25) is 15.9 Å². The Labute approximate surface area is 138 Å². The number of piperazine rings is 1. The summed E-state index contributed by atoms with van der Waals surface area (Å²) >= 11 is 0. The fourth-order valence-electron chi connectivity index (χ4n) is 3.09. The van der Waals surface area contributed by atoms with Crippen molar-refractivity contribution in [3.05, 3.63) is 29.3 Å². The molecule has 0 N–H and O–H groups in total. The van der Waals surface area contributed by atoms with Crippen molar-refractivity contribution < 1.29 is 13.2 Å². The van der Waals surface area contributed by atoms with Gasteiger partial charge in [0.25, 0.3) is 0 Å². The zero-order valence-electron chi connectivity index (χ0n) is 13.8. The van der Waals surface area contributed by atoms with Crippen LogP contribution < -0.4 is 0 Å². The van der Waals surface area contributed by atoms with E-state index < -0.39 is 10.0 Å². The summed E-state index contributed by atoms with van der Waals surface area (Å²) in [5, 5.41) is 0. The third kappa shape index (κ3) is 3.15. The molecule has 1 aromatic rings. The minimum atomic E-state index is -3.47. The molecule has 0 unspecified atom stereocenters. The van der Waals surface area contributed by atoms with Crippen molar-refractivity contribution in [3.63, 3.8) is 0 Å². The van der Waals surface area contributed by atoms with Crippen molar-refractivity contribution in [1.82, 2.24) is 9.21 Å². The maximum absolute atomic E-state index is 12.8. The fourth-order valence-corrected chi connectivity index (χ4v) is 4.59. The first kappa shape index (κ1) is 16.5. The van der Waals surface area contributed by atoms with Crippen LogP contribution in [0.15, 0.2) is 23.1 Å². The lowest BCUT2D eigenvalue weighted by atomic mass is 9.84. The molecule has 126 valence electrons. The van der Waals surface area contributed by atoms with E-state index in [9.17, 15) is 13.2 Å². The number of benzene rings is 1. The van der Waals surface area contributed by atoms with Crippen molar-refractivity contribution in [3.8, 4) is 0 Å². The van der Waals surface area contributed by atoms with Crippen LogP contribution in [-0.2, 0) is 14.8 Å². The number of amides is 1. The van der Waals surface area contributed by atoms with Crippen LogP contribution in [0.3, 0.4) is 0 Å². The monoisotopic (exact) mass is 336 g/mol. The second-order valence-electron chi connectivity index (χ2n) is 6.60. The molecule has 1 aromatic carbocycles. The van der Waals surface area contributed by atoms with E-state index in [1.807, 2.05) is 24.8 Å². The van der Waals surface area contributed by atoms with Gasteiger partial charge in [-0.1, -0.05) is 12.5 Å². The van der Waals surface area contributed by atoms with E-state index in [1.54, 1.807) is 12.1 Å². The molecule has 6 heteroatoms. The smallest absolute Gasteiger partial charge is 0.243 e. The average Bonchev–Trinajstić information content (AvgIpc) is 2.48. The number of aryl methyl sites for hydroxylation is 2. The maximum Gasteiger partial charge on any atom is 0.243 e. The summed E-state index contributed by atoms with van der Waals surface area (Å²) in [6.07, 6.45) is 3.11. The highest BCUT2D eigenvalue weighted by Crippen LogP contribution is 2.29. The van der Waals surface area contributed by atoms with Crippen LogP contribution in [-0.4, -0.2) is 49.7 Å². The molecule has 0 spiro atoms. The van der Waals surface area contributed by atoms with Gasteiger partial charge in [0, 0.05) is 32.1 Å². The molecular formula is C17H24N2O3S. The molecule has 2 aliphatic rings. The molecule has 23 heavy (non-hydrogen) atoms. The number of carbonyl (C=O) groups excluding carboxylic acids is 1. The second kappa shape index (κ2) is 6.24. The first-order valence-electron chi connectivity index (χ1n) is 8.26. The Morgan fingerprint density at radius 3 is 2.22 bits per heavy atom. The Morgan fingerprint density at radius 1 is 1.04 bits per heavy atom. The molecule has 1 saturated carbocycles. The van der Waals surface area contributed by atoms with Crippen molar-refractivity contribution >= 4 is 15.9 Å². The number of hydrogen-bond acceptors (Lipinski definition) is 3. The van der Waals surface area contributed by atoms with Gasteiger partial charge in [0.1, 0.15) is 0 Å². The molecule has 0 atom stereocenters. The topological polar surface area (TPSA) is 57.7 Å². The van der Waals surface area contributed by atoms with E-state index in [-0.39, 0.29) is 11.8 Å². The Bertz CT molecular complexity index is 703. The van der Waals surface area contributed by atoms with Crippen molar-refractivity contribution in [2.75, 3.05) is 26.2 Å². The highest BCUT2D eigenvalue weighted by atomic mass is 32.2. The predicted octanol–water partition coefficient (Wildman–Crippen LogP) is 1.94. The summed E-state index contributed by atoms with van der Waals surface area (Å²) in [7, 11) is -3.47. The lowest BCUT2D eigenvalue weighted by Crippen LogP contribution is -2.52. The lowest BCUT2D eigenvalue weighted by Gasteiger charge is -2.37. The number of hydrogen-bond donors (Lipinski definition) is 0. The Morgan fingerprint density at radius 2 is 1.70 bits per heavy atom. The SMILES string of the molecule is Cc1ccc(S(=O)(=O)N2CCN(C(=O)C3CCC3)CC2)cc1C. The molecule has 3 rings (SSSR count). The Balaban J connectivity index is 1.68. The number of rotatable bonds is 3. The van der Waals surface area contributed by atoms with E-state index in [0.717, 1.165) is 30.4 Å². The van der Waals surface area contributed by atoms with E-state index in [4.69, 9.17) is 0 Å². The van der Waals surface area contributed by atoms with E-state index in [0.29, 0.717) is 31.1 Å². The molecule has 1 saturated heterocycles. The molecule has 0 radical (unpaired) electrons. The lowest BCUT2D eigenvalue weighted by molar-refractivity contribution is -0.139. The van der Waals surface area contributed by atoms with Crippen molar-refractivity contribution in [2.45, 2.75) is 38.0 Å². The van der Waals surface area contributed by atoms with Crippen LogP contribution in [0.1, 0.15) is 30.4 Å². The van der Waals surface area contributed by atoms with Crippen LogP contribution in [0.25, 0.3) is 0 Å². The fraction of sp³-hybridized carbons (Fsp3) is 0.588. The molecule has 1 aliphatic carbocycles. The molecule has 5 nitrogen and oxygen atoms in total. The minimum absolute atomic E-state index is 0.179. The van der Waals surface area contributed by atoms with Crippen molar-refractivity contribution in [2.24, 2.45) is 5.92 Å². The third-order valence-electron chi connectivity index (χ3n) is 5.12. The predicted molar refractivity (Wildman–Crippen MR) is 88.6 cm³/mol. The largest absolute Gasteiger partial charge is 0.340 e. The zero-order valence-corrected chi connectivity index (χ0v) is 14.6. The number of sulfonamides is 1. The van der Waals surface area contributed by atoms with Crippen LogP contribution in [0.5, 0.6) is 0 Å². The zero-order chi connectivity index (χ0) is 16.6. The molecule has 0 aromatic heterocycles. The Kier molecular flexibility index (Phi) is 4.47. The van der Waals surface area contributed by atoms with Gasteiger partial charge in [0.15, 0.2) is 0 Å². The van der Waals surface area contributed by atoms with Gasteiger partial charge in [-0.05, 0) is 49.9 Å². The second-order valence-corrected chi connectivity index (χ2v) is 8.54. The molecule has 1 amide bonds. The van der Waals surface area contributed by atoms with Gasteiger partial charge in [0.05, 0.1) is 4.90 Å². The number of carbonyl (C=O) groups is 1. The minimum Gasteiger partial charge on any atom is -0.340 e. The molecule has 1 heterocycles. The van der Waals surface area contributed by atoms with Gasteiger partial charge < -0.3 is 4.90 Å². The maximum atomic E-state index is 12.8. The summed E-state index contributed by atoms with van der Waals surface area (Å²) in [6.45, 7) is 5.65. The van der Waals surface area contributed by atoms with Crippen LogP contribution >= 0.6 is 0 Å². The molecule has 2 fully saturated rings. The van der Waals surface area contributed by atoms with E-state index in [2.05, 4.69) is 0 Å². The van der Waals surface area contributed by atoms with Crippen LogP contribution in [0, 0.1) is 19.8 Å². The normalized spacial score (nSPS) is 20.3. The summed E-state index contributed by atoms with van der Waals surface area (Å²) in [5.41, 5.74) is 2.06. The quantitative estimate of drug-likeness (QED) is 0.847. The van der Waals surface area contributed by atoms with Crippen LogP contribution in [0.2, 0.25) is 0 Å². The molecule has 0 bridgehead atoms. The third-order valence-corrected chi connectivity index (χ3v) is 7.02. The van der Waals surface area contributed by atoms with Crippen LogP contribution in [0.4, 0.5) is 0 Å². The summed E-state index contributed by atoms with van der Waals surface area (Å²) < 4.78 is 27.0. The molecule has 1 aliphatic heterocycles. The van der Waals surface area contributed by atoms with E-state index in [1.165, 1.54) is 4.31 Å². The van der Waals surface area contributed by atoms with Gasteiger partial charge in [-0.2, -0.15) is 4.31 Å². The highest BCUT2D eigenvalue weighted by Gasteiger charge is 2.34. The first-order chi connectivity index (χ1) is 10.9. The van der Waals surface area contributed by atoms with Crippen molar-refractivity contribution in [1.29, 1.82) is 0 Å². The summed E-state index contributed by atoms with van der Waals surface area (Å²) in [4.78, 5) is 14.4. The summed E-state index contributed by atoms with van der Waals surface area (Å²) in [6, 6.07) is 5.25. The van der Waals surface area contributed by atoms with Gasteiger partial charge in [-0.15, -0.1) is 0 Å². The first-order valence-corrected chi connectivity index (χ1v) is 9.70. The van der Waals surface area contributed by atoms with Gasteiger partial charge >= 0.3 is 0 Å². The Hall–Kier alpha value is -1.40. The highest BCUT2D eigenvalue weighted by molar-refractivity contribution is 7.89. The summed E-state index contributed by atoms with van der Waals surface area (Å²) in [5.74, 6) is 0.386. The van der Waals surface area contributed by atoms with Gasteiger partial charge in [-0.3, -0.25) is 4.79 Å². The standard InChI is InChI=1S/C17H24N2O3S/c1-13-6-7-16(12-14(13)2)23(21,22)19-10-8-18(9-11-19)17(20)15-4-3-5-15/h6-7,12,15H,3-5,8-11H2,1-2H3. The number of nitrogens with zero attached hydrogens (tertiary/aromatic N) is 2. The van der Waals surface area contributed by atoms with Gasteiger partial charge in [-0.25, -0.2) is 8.42 Å². The van der Waals surface area contributed by atoms with E-state index >= 15 is 0 Å². The average molecular weight is 336 g/mol. The molecular weight excluding hydrogens is 312 g/mol.